The standard InChI is InChI=1S/C22H21N3O5/c1-29-16-6-2-5-15(13-16)20(26)18-19(17-7-3-12-30-17)25(22(28)21(18)27)10-4-9-24-11-8-23-14-24/h2-3,5-8,11-14,19H,4,9-10H2,1H3,(H,26,27)/p+1. The number of aliphatic hydroxyl groups excluding tert-OH is 1. The monoisotopic (exact) mass is 408 g/mol. The summed E-state index contributed by atoms with van der Waals surface area (Å²) in [5.41, 5.74) is 0.407. The Labute approximate surface area is 173 Å². The van der Waals surface area contributed by atoms with Crippen molar-refractivity contribution in [2.24, 2.45) is 0 Å². The summed E-state index contributed by atoms with van der Waals surface area (Å²) >= 11 is 0. The van der Waals surface area contributed by atoms with Crippen molar-refractivity contribution in [3.8, 4) is 5.75 Å². The fraction of sp³-hybridized carbons (Fsp3) is 0.227. The second kappa shape index (κ2) is 8.28. The maximum Gasteiger partial charge on any atom is 0.295 e. The second-order valence-corrected chi connectivity index (χ2v) is 6.94. The number of benzene rings is 1. The third-order valence-corrected chi connectivity index (χ3v) is 5.11. The van der Waals surface area contributed by atoms with Gasteiger partial charge < -0.3 is 19.2 Å². The number of furan rings is 1. The first-order valence-electron chi connectivity index (χ1n) is 9.58. The smallest absolute Gasteiger partial charge is 0.295 e. The third-order valence-electron chi connectivity index (χ3n) is 5.11. The van der Waals surface area contributed by atoms with Gasteiger partial charge in [-0.15, -0.1) is 0 Å². The minimum absolute atomic E-state index is 0.0116. The van der Waals surface area contributed by atoms with E-state index < -0.39 is 17.7 Å². The van der Waals surface area contributed by atoms with Gasteiger partial charge in [0.05, 0.1) is 25.5 Å². The number of aromatic amines is 1. The number of Topliss-reactive ketones (excluding diaryl/α,β-unsaturated/α-hetero) is 1. The van der Waals surface area contributed by atoms with E-state index in [2.05, 4.69) is 4.98 Å². The van der Waals surface area contributed by atoms with Gasteiger partial charge >= 0.3 is 0 Å². The zero-order valence-electron chi connectivity index (χ0n) is 16.4. The van der Waals surface area contributed by atoms with Gasteiger partial charge in [0.1, 0.15) is 35.7 Å². The van der Waals surface area contributed by atoms with E-state index >= 15 is 0 Å². The summed E-state index contributed by atoms with van der Waals surface area (Å²) in [6.07, 6.45) is 7.63. The lowest BCUT2D eigenvalue weighted by molar-refractivity contribution is -0.695. The van der Waals surface area contributed by atoms with Crippen molar-refractivity contribution in [1.29, 1.82) is 0 Å². The number of aromatic nitrogens is 2. The number of carbonyl (C=O) groups excluding carboxylic acids is 2. The molecule has 1 unspecified atom stereocenters. The van der Waals surface area contributed by atoms with Gasteiger partial charge in [0, 0.05) is 18.5 Å². The molecule has 1 amide bonds. The highest BCUT2D eigenvalue weighted by Gasteiger charge is 2.47. The maximum atomic E-state index is 12.9. The van der Waals surface area contributed by atoms with E-state index in [-0.39, 0.29) is 11.3 Å². The number of methoxy groups -OCH3 is 1. The number of amides is 1. The van der Waals surface area contributed by atoms with Crippen molar-refractivity contribution in [1.82, 2.24) is 9.88 Å². The topological polar surface area (TPSA) is 99.6 Å². The lowest BCUT2D eigenvalue weighted by Crippen LogP contribution is -2.35. The van der Waals surface area contributed by atoms with E-state index in [1.54, 1.807) is 36.4 Å². The Morgan fingerprint density at radius 2 is 2.17 bits per heavy atom. The molecular weight excluding hydrogens is 386 g/mol. The molecule has 1 aliphatic heterocycles. The van der Waals surface area contributed by atoms with Crippen LogP contribution in [0.25, 0.3) is 5.76 Å². The molecule has 3 heterocycles. The molecule has 1 fully saturated rings. The van der Waals surface area contributed by atoms with Crippen molar-refractivity contribution in [3.63, 3.8) is 0 Å². The summed E-state index contributed by atoms with van der Waals surface area (Å²) in [5.74, 6) is -0.679. The van der Waals surface area contributed by atoms with E-state index in [0.717, 1.165) is 0 Å². The molecule has 1 saturated heterocycles. The number of carbonyl (C=O) groups is 2. The minimum Gasteiger partial charge on any atom is -0.507 e. The van der Waals surface area contributed by atoms with E-state index in [4.69, 9.17) is 9.15 Å². The van der Waals surface area contributed by atoms with Gasteiger partial charge in [0.2, 0.25) is 6.33 Å². The average molecular weight is 408 g/mol. The number of nitrogens with zero attached hydrogens (tertiary/aromatic N) is 2. The number of hydrogen-bond acceptors (Lipinski definition) is 5. The zero-order valence-corrected chi connectivity index (χ0v) is 16.4. The summed E-state index contributed by atoms with van der Waals surface area (Å²) < 4.78 is 12.7. The Morgan fingerprint density at radius 1 is 1.30 bits per heavy atom. The molecule has 8 nitrogen and oxygen atoms in total. The summed E-state index contributed by atoms with van der Waals surface area (Å²) in [5, 5.41) is 11.0. The van der Waals surface area contributed by atoms with Gasteiger partial charge in [0.15, 0.2) is 0 Å². The van der Waals surface area contributed by atoms with Crippen LogP contribution < -0.4 is 9.30 Å². The quantitative estimate of drug-likeness (QED) is 0.271. The molecule has 0 saturated carbocycles. The van der Waals surface area contributed by atoms with Gasteiger partial charge in [-0.05, 0) is 24.3 Å². The lowest BCUT2D eigenvalue weighted by atomic mass is 9.99. The molecule has 0 bridgehead atoms. The largest absolute Gasteiger partial charge is 0.507 e. The number of aryl methyl sites for hydroxylation is 1. The number of aliphatic hydroxyl groups is 1. The number of rotatable bonds is 7. The number of ketones is 1. The highest BCUT2D eigenvalue weighted by atomic mass is 16.5. The van der Waals surface area contributed by atoms with E-state index in [1.165, 1.54) is 18.3 Å². The number of nitrogens with one attached hydrogen (secondary N) is 1. The molecule has 3 aromatic rings. The van der Waals surface area contributed by atoms with Gasteiger partial charge in [-0.25, -0.2) is 4.57 Å². The molecule has 4 rings (SSSR count). The number of hydrogen-bond donors (Lipinski definition) is 2. The number of likely N-dealkylation sites (tertiary alicyclic amines) is 1. The molecule has 1 atom stereocenters. The molecule has 0 spiro atoms. The van der Waals surface area contributed by atoms with Gasteiger partial charge in [-0.2, -0.15) is 0 Å². The van der Waals surface area contributed by atoms with Crippen molar-refractivity contribution >= 4 is 17.4 Å². The Bertz CT molecular complexity index is 1070. The van der Waals surface area contributed by atoms with Crippen molar-refractivity contribution in [2.45, 2.75) is 19.0 Å². The Hall–Kier alpha value is -3.81. The Balaban J connectivity index is 1.69. The van der Waals surface area contributed by atoms with Crippen LogP contribution in [-0.2, 0) is 16.1 Å². The Kier molecular flexibility index (Phi) is 5.38. The van der Waals surface area contributed by atoms with Crippen molar-refractivity contribution in [3.05, 3.63) is 78.3 Å². The normalized spacial score (nSPS) is 18.2. The van der Waals surface area contributed by atoms with E-state index in [9.17, 15) is 14.7 Å². The van der Waals surface area contributed by atoms with Crippen molar-refractivity contribution < 1.29 is 28.4 Å². The van der Waals surface area contributed by atoms with Crippen LogP contribution in [0, 0.1) is 0 Å². The molecule has 1 aliphatic rings. The number of H-pyrrole nitrogens is 1. The molecular formula is C22H22N3O5+. The highest BCUT2D eigenvalue weighted by molar-refractivity contribution is 6.46. The first-order chi connectivity index (χ1) is 14.6. The number of imidazole rings is 1. The summed E-state index contributed by atoms with van der Waals surface area (Å²) in [7, 11) is 1.52. The van der Waals surface area contributed by atoms with Gasteiger partial charge in [-0.3, -0.25) is 14.6 Å². The van der Waals surface area contributed by atoms with Crippen LogP contribution in [0.15, 0.2) is 71.4 Å². The van der Waals surface area contributed by atoms with E-state index in [0.29, 0.717) is 36.6 Å². The summed E-state index contributed by atoms with van der Waals surface area (Å²) in [4.78, 5) is 30.1. The fourth-order valence-electron chi connectivity index (χ4n) is 3.66. The van der Waals surface area contributed by atoms with Crippen LogP contribution >= 0.6 is 0 Å². The zero-order chi connectivity index (χ0) is 21.1. The first-order valence-corrected chi connectivity index (χ1v) is 9.58. The third kappa shape index (κ3) is 3.59. The van der Waals surface area contributed by atoms with Crippen LogP contribution in [0.3, 0.4) is 0 Å². The molecule has 8 heteroatoms. The second-order valence-electron chi connectivity index (χ2n) is 6.94. The SMILES string of the molecule is COc1cccc(/C(O)=C2\C(=O)C(=O)N(CCC[n+]3cc[nH]c3)C2c2ccco2)c1. The predicted octanol–water partition coefficient (Wildman–Crippen LogP) is 2.42. The molecule has 2 aromatic heterocycles. The van der Waals surface area contributed by atoms with Crippen LogP contribution in [0.5, 0.6) is 5.75 Å². The minimum atomic E-state index is -0.789. The van der Waals surface area contributed by atoms with Crippen molar-refractivity contribution in [2.75, 3.05) is 13.7 Å². The highest BCUT2D eigenvalue weighted by Crippen LogP contribution is 2.39. The molecule has 154 valence electrons. The summed E-state index contributed by atoms with van der Waals surface area (Å²) in [6.45, 7) is 1.01. The van der Waals surface area contributed by atoms with E-state index in [1.807, 2.05) is 23.3 Å². The predicted molar refractivity (Wildman–Crippen MR) is 106 cm³/mol. The van der Waals surface area contributed by atoms with Crippen LogP contribution in [0.4, 0.5) is 0 Å². The lowest BCUT2D eigenvalue weighted by Gasteiger charge is -2.23. The molecule has 1 aromatic carbocycles. The summed E-state index contributed by atoms with van der Waals surface area (Å²) in [6, 6.07) is 9.32. The Morgan fingerprint density at radius 3 is 2.87 bits per heavy atom. The van der Waals surface area contributed by atoms with Crippen LogP contribution in [0.1, 0.15) is 23.8 Å². The van der Waals surface area contributed by atoms with Crippen LogP contribution in [-0.4, -0.2) is 40.3 Å². The van der Waals surface area contributed by atoms with Gasteiger partial charge in [-0.1, -0.05) is 12.1 Å². The maximum absolute atomic E-state index is 12.9. The molecule has 0 aliphatic carbocycles. The fourth-order valence-corrected chi connectivity index (χ4v) is 3.66. The molecule has 2 N–H and O–H groups in total. The molecule has 0 radical (unpaired) electrons. The average Bonchev–Trinajstić information content (AvgIpc) is 3.52. The first kappa shape index (κ1) is 19.5. The van der Waals surface area contributed by atoms with Gasteiger partial charge in [0.25, 0.3) is 11.7 Å². The molecule has 30 heavy (non-hydrogen) atoms. The number of ether oxygens (including phenoxy) is 1. The van der Waals surface area contributed by atoms with Crippen LogP contribution in [0.2, 0.25) is 0 Å².